The van der Waals surface area contributed by atoms with Crippen LogP contribution in [0.5, 0.6) is 0 Å². The molecule has 3 N–H and O–H groups in total. The summed E-state index contributed by atoms with van der Waals surface area (Å²) in [5, 5.41) is 2.89. The molecule has 1 aliphatic heterocycles. The highest BCUT2D eigenvalue weighted by atomic mass is 19.1. The van der Waals surface area contributed by atoms with Crippen LogP contribution >= 0.6 is 0 Å². The summed E-state index contributed by atoms with van der Waals surface area (Å²) in [7, 11) is 0. The molecule has 1 saturated heterocycles. The molecule has 3 rings (SSSR count). The van der Waals surface area contributed by atoms with Crippen LogP contribution in [0.1, 0.15) is 36.0 Å². The number of hydrogen-bond acceptors (Lipinski definition) is 3. The van der Waals surface area contributed by atoms with Crippen molar-refractivity contribution >= 4 is 5.91 Å². The van der Waals surface area contributed by atoms with Gasteiger partial charge in [0.05, 0.1) is 0 Å². The van der Waals surface area contributed by atoms with Gasteiger partial charge in [-0.25, -0.2) is 4.39 Å². The van der Waals surface area contributed by atoms with Crippen molar-refractivity contribution in [2.75, 3.05) is 6.54 Å². The molecule has 2 fully saturated rings. The third kappa shape index (κ3) is 2.83. The Labute approximate surface area is 118 Å². The summed E-state index contributed by atoms with van der Waals surface area (Å²) >= 11 is 0. The zero-order valence-electron chi connectivity index (χ0n) is 11.4. The lowest BCUT2D eigenvalue weighted by Gasteiger charge is -2.27. The molecule has 5 heteroatoms. The lowest BCUT2D eigenvalue weighted by atomic mass is 9.82. The Balaban J connectivity index is 1.55. The molecule has 0 bridgehead atoms. The molecule has 4 nitrogen and oxygen atoms in total. The van der Waals surface area contributed by atoms with Gasteiger partial charge in [-0.2, -0.15) is 0 Å². The summed E-state index contributed by atoms with van der Waals surface area (Å²) < 4.78 is 13.1. The number of benzene rings is 1. The second-order valence-electron chi connectivity index (χ2n) is 5.67. The molecule has 20 heavy (non-hydrogen) atoms. The number of hydrazine groups is 1. The summed E-state index contributed by atoms with van der Waals surface area (Å²) in [5.41, 5.74) is 6.97. The first kappa shape index (κ1) is 13.5. The van der Waals surface area contributed by atoms with Crippen molar-refractivity contribution in [1.82, 2.24) is 16.2 Å². The zero-order valence-corrected chi connectivity index (χ0v) is 11.4. The number of fused-ring (bicyclic) bond motifs is 1. The van der Waals surface area contributed by atoms with E-state index in [9.17, 15) is 9.18 Å². The second kappa shape index (κ2) is 5.89. The van der Waals surface area contributed by atoms with E-state index in [1.165, 1.54) is 37.8 Å². The van der Waals surface area contributed by atoms with Crippen molar-refractivity contribution in [3.8, 4) is 0 Å². The Morgan fingerprint density at radius 2 is 2.15 bits per heavy atom. The number of carbonyl (C=O) groups is 1. The van der Waals surface area contributed by atoms with Gasteiger partial charge in [0.2, 0.25) is 0 Å². The monoisotopic (exact) mass is 277 g/mol. The number of hydrogen-bond donors (Lipinski definition) is 3. The van der Waals surface area contributed by atoms with Crippen LogP contribution in [0.3, 0.4) is 0 Å². The Morgan fingerprint density at radius 1 is 1.30 bits per heavy atom. The van der Waals surface area contributed by atoms with E-state index in [0.29, 0.717) is 24.1 Å². The SMILES string of the molecule is O=C(NCC1NNC2CCCCC21)c1cccc(F)c1. The van der Waals surface area contributed by atoms with Gasteiger partial charge in [-0.05, 0) is 37.0 Å². The molecule has 108 valence electrons. The summed E-state index contributed by atoms with van der Waals surface area (Å²) in [6.45, 7) is 0.573. The van der Waals surface area contributed by atoms with Gasteiger partial charge in [0.25, 0.3) is 5.91 Å². The van der Waals surface area contributed by atoms with E-state index in [2.05, 4.69) is 16.2 Å². The summed E-state index contributed by atoms with van der Waals surface area (Å²) in [6, 6.07) is 6.57. The molecular formula is C15H20FN3O. The van der Waals surface area contributed by atoms with Crippen molar-refractivity contribution in [3.63, 3.8) is 0 Å². The molecular weight excluding hydrogens is 257 g/mol. The molecule has 3 unspecified atom stereocenters. The average molecular weight is 277 g/mol. The van der Waals surface area contributed by atoms with Crippen molar-refractivity contribution in [3.05, 3.63) is 35.6 Å². The van der Waals surface area contributed by atoms with Crippen LogP contribution in [-0.4, -0.2) is 24.5 Å². The van der Waals surface area contributed by atoms with Gasteiger partial charge in [-0.3, -0.25) is 15.6 Å². The number of amides is 1. The molecule has 1 amide bonds. The van der Waals surface area contributed by atoms with Crippen LogP contribution in [0.2, 0.25) is 0 Å². The molecule has 0 radical (unpaired) electrons. The Kier molecular flexibility index (Phi) is 3.98. The maximum Gasteiger partial charge on any atom is 0.251 e. The number of carbonyl (C=O) groups excluding carboxylic acids is 1. The van der Waals surface area contributed by atoms with Crippen LogP contribution in [0.4, 0.5) is 4.39 Å². The molecule has 0 spiro atoms. The van der Waals surface area contributed by atoms with Gasteiger partial charge < -0.3 is 5.32 Å². The molecule has 1 aliphatic carbocycles. The smallest absolute Gasteiger partial charge is 0.251 e. The van der Waals surface area contributed by atoms with Gasteiger partial charge in [0.1, 0.15) is 5.82 Å². The van der Waals surface area contributed by atoms with Crippen LogP contribution in [0, 0.1) is 11.7 Å². The largest absolute Gasteiger partial charge is 0.350 e. The minimum Gasteiger partial charge on any atom is -0.350 e. The molecule has 1 saturated carbocycles. The summed E-state index contributed by atoms with van der Waals surface area (Å²) in [5.74, 6) is -0.0206. The normalized spacial score (nSPS) is 28.9. The van der Waals surface area contributed by atoms with Gasteiger partial charge in [-0.1, -0.05) is 18.9 Å². The minimum atomic E-state index is -0.384. The van der Waals surface area contributed by atoms with Crippen LogP contribution < -0.4 is 16.2 Å². The van der Waals surface area contributed by atoms with E-state index >= 15 is 0 Å². The van der Waals surface area contributed by atoms with Gasteiger partial charge in [-0.15, -0.1) is 0 Å². The molecule has 1 aromatic carbocycles. The van der Waals surface area contributed by atoms with E-state index in [1.54, 1.807) is 12.1 Å². The highest BCUT2D eigenvalue weighted by Gasteiger charge is 2.36. The fourth-order valence-corrected chi connectivity index (χ4v) is 3.28. The molecule has 0 aromatic heterocycles. The summed E-state index contributed by atoms with van der Waals surface area (Å²) in [6.07, 6.45) is 4.94. The topological polar surface area (TPSA) is 53.2 Å². The number of halogens is 1. The predicted molar refractivity (Wildman–Crippen MR) is 74.5 cm³/mol. The van der Waals surface area contributed by atoms with E-state index in [-0.39, 0.29) is 17.8 Å². The maximum atomic E-state index is 13.1. The molecule has 2 aliphatic rings. The van der Waals surface area contributed by atoms with Crippen molar-refractivity contribution in [2.45, 2.75) is 37.8 Å². The van der Waals surface area contributed by atoms with Gasteiger partial charge in [0, 0.05) is 24.2 Å². The average Bonchev–Trinajstić information content (AvgIpc) is 2.88. The fraction of sp³-hybridized carbons (Fsp3) is 0.533. The maximum absolute atomic E-state index is 13.1. The quantitative estimate of drug-likeness (QED) is 0.786. The first-order valence-electron chi connectivity index (χ1n) is 7.29. The molecule has 3 atom stereocenters. The van der Waals surface area contributed by atoms with Crippen molar-refractivity contribution < 1.29 is 9.18 Å². The van der Waals surface area contributed by atoms with Gasteiger partial charge >= 0.3 is 0 Å². The first-order chi connectivity index (χ1) is 9.74. The Morgan fingerprint density at radius 3 is 3.00 bits per heavy atom. The standard InChI is InChI=1S/C15H20FN3O/c16-11-5-3-4-10(8-11)15(20)17-9-14-12-6-1-2-7-13(12)18-19-14/h3-5,8,12-14,18-19H,1-2,6-7,9H2,(H,17,20). The van der Waals surface area contributed by atoms with Crippen molar-refractivity contribution in [2.24, 2.45) is 5.92 Å². The highest BCUT2D eigenvalue weighted by molar-refractivity contribution is 5.94. The summed E-state index contributed by atoms with van der Waals surface area (Å²) in [4.78, 5) is 12.0. The fourth-order valence-electron chi connectivity index (χ4n) is 3.28. The second-order valence-corrected chi connectivity index (χ2v) is 5.67. The predicted octanol–water partition coefficient (Wildman–Crippen LogP) is 1.59. The van der Waals surface area contributed by atoms with E-state index in [1.807, 2.05) is 0 Å². The third-order valence-corrected chi connectivity index (χ3v) is 4.36. The lowest BCUT2D eigenvalue weighted by molar-refractivity contribution is 0.0946. The number of nitrogens with one attached hydrogen (secondary N) is 3. The van der Waals surface area contributed by atoms with Gasteiger partial charge in [0.15, 0.2) is 0 Å². The minimum absolute atomic E-state index is 0.217. The van der Waals surface area contributed by atoms with E-state index in [4.69, 9.17) is 0 Å². The number of rotatable bonds is 3. The van der Waals surface area contributed by atoms with E-state index in [0.717, 1.165) is 0 Å². The molecule has 1 aromatic rings. The zero-order chi connectivity index (χ0) is 13.9. The highest BCUT2D eigenvalue weighted by Crippen LogP contribution is 2.29. The van der Waals surface area contributed by atoms with Crippen molar-refractivity contribution in [1.29, 1.82) is 0 Å². The Bertz CT molecular complexity index is 494. The van der Waals surface area contributed by atoms with Crippen LogP contribution in [0.25, 0.3) is 0 Å². The van der Waals surface area contributed by atoms with Crippen LogP contribution in [0.15, 0.2) is 24.3 Å². The third-order valence-electron chi connectivity index (χ3n) is 4.36. The van der Waals surface area contributed by atoms with Crippen LogP contribution in [-0.2, 0) is 0 Å². The first-order valence-corrected chi connectivity index (χ1v) is 7.29. The molecule has 1 heterocycles. The Hall–Kier alpha value is -1.46. The lowest BCUT2D eigenvalue weighted by Crippen LogP contribution is -2.42. The van der Waals surface area contributed by atoms with E-state index < -0.39 is 0 Å².